The minimum absolute atomic E-state index is 0.323. The lowest BCUT2D eigenvalue weighted by Crippen LogP contribution is -2.38. The van der Waals surface area contributed by atoms with Gasteiger partial charge in [-0.3, -0.25) is 4.79 Å². The molecule has 0 aliphatic carbocycles. The molecule has 1 unspecified atom stereocenters. The molecule has 1 aliphatic rings. The third kappa shape index (κ3) is 2.65. The number of hydrogen-bond acceptors (Lipinski definition) is 2. The summed E-state index contributed by atoms with van der Waals surface area (Å²) < 4.78 is 39.6. The molecule has 1 aromatic carbocycles. The van der Waals surface area contributed by atoms with Gasteiger partial charge in [-0.25, -0.2) is 13.2 Å². The Balaban J connectivity index is 2.21. The first-order chi connectivity index (χ1) is 9.50. The van der Waals surface area contributed by atoms with Crippen LogP contribution in [-0.4, -0.2) is 19.0 Å². The Morgan fingerprint density at radius 1 is 1.35 bits per heavy atom. The fourth-order valence-corrected chi connectivity index (χ4v) is 2.62. The van der Waals surface area contributed by atoms with Gasteiger partial charge in [0.25, 0.3) is 0 Å². The van der Waals surface area contributed by atoms with Crippen molar-refractivity contribution in [2.24, 2.45) is 5.41 Å². The minimum atomic E-state index is -1.57. The van der Waals surface area contributed by atoms with Crippen molar-refractivity contribution in [3.05, 3.63) is 29.6 Å². The van der Waals surface area contributed by atoms with Gasteiger partial charge in [-0.05, 0) is 31.5 Å². The maximum atomic E-state index is 13.6. The van der Waals surface area contributed by atoms with E-state index in [-0.39, 0.29) is 11.6 Å². The van der Waals surface area contributed by atoms with Crippen LogP contribution in [0.5, 0.6) is 0 Å². The van der Waals surface area contributed by atoms with Gasteiger partial charge < -0.3 is 10.6 Å². The Morgan fingerprint density at radius 3 is 2.70 bits per heavy atom. The van der Waals surface area contributed by atoms with E-state index >= 15 is 0 Å². The molecule has 3 nitrogen and oxygen atoms in total. The molecule has 1 saturated heterocycles. The summed E-state index contributed by atoms with van der Waals surface area (Å²) >= 11 is 0. The van der Waals surface area contributed by atoms with Gasteiger partial charge in [0.2, 0.25) is 5.91 Å². The monoisotopic (exact) mass is 286 g/mol. The molecule has 1 amide bonds. The van der Waals surface area contributed by atoms with Crippen LogP contribution in [-0.2, 0) is 4.79 Å². The van der Waals surface area contributed by atoms with E-state index in [1.807, 2.05) is 6.92 Å². The highest BCUT2D eigenvalue weighted by Crippen LogP contribution is 2.33. The summed E-state index contributed by atoms with van der Waals surface area (Å²) in [5.74, 6) is -4.56. The van der Waals surface area contributed by atoms with Gasteiger partial charge in [-0.15, -0.1) is 0 Å². The lowest BCUT2D eigenvalue weighted by Gasteiger charge is -2.26. The van der Waals surface area contributed by atoms with Crippen molar-refractivity contribution in [2.75, 3.05) is 18.4 Å². The first-order valence-corrected chi connectivity index (χ1v) is 6.66. The zero-order valence-corrected chi connectivity index (χ0v) is 11.2. The molecule has 0 bridgehead atoms. The molecular formula is C14H17F3N2O. The van der Waals surface area contributed by atoms with Gasteiger partial charge in [0.1, 0.15) is 0 Å². The van der Waals surface area contributed by atoms with Crippen LogP contribution in [0, 0.1) is 22.9 Å². The zero-order chi connectivity index (χ0) is 14.8. The average molecular weight is 286 g/mol. The number of benzene rings is 1. The highest BCUT2D eigenvalue weighted by Gasteiger charge is 2.40. The zero-order valence-electron chi connectivity index (χ0n) is 11.2. The number of anilines is 1. The first kappa shape index (κ1) is 14.8. The molecule has 1 heterocycles. The molecule has 1 aliphatic heterocycles. The molecule has 1 aromatic rings. The third-order valence-electron chi connectivity index (χ3n) is 3.74. The van der Waals surface area contributed by atoms with Crippen LogP contribution in [0.3, 0.4) is 0 Å². The van der Waals surface area contributed by atoms with Crippen molar-refractivity contribution in [3.63, 3.8) is 0 Å². The van der Waals surface area contributed by atoms with Crippen molar-refractivity contribution in [1.29, 1.82) is 0 Å². The summed E-state index contributed by atoms with van der Waals surface area (Å²) in [4.78, 5) is 12.3. The molecule has 110 valence electrons. The van der Waals surface area contributed by atoms with Crippen molar-refractivity contribution in [1.82, 2.24) is 5.32 Å². The normalized spacial score (nSPS) is 22.0. The molecule has 2 rings (SSSR count). The first-order valence-electron chi connectivity index (χ1n) is 6.66. The quantitative estimate of drug-likeness (QED) is 0.836. The Bertz CT molecular complexity index is 513. The maximum Gasteiger partial charge on any atom is 0.232 e. The molecule has 1 atom stereocenters. The number of hydrogen-bond donors (Lipinski definition) is 2. The molecule has 0 aromatic heterocycles. The molecule has 2 N–H and O–H groups in total. The van der Waals surface area contributed by atoms with Crippen molar-refractivity contribution >= 4 is 11.6 Å². The molecule has 0 radical (unpaired) electrons. The second kappa shape index (κ2) is 5.83. The van der Waals surface area contributed by atoms with Crippen LogP contribution in [0.4, 0.5) is 18.9 Å². The number of rotatable bonds is 4. The number of amides is 1. The van der Waals surface area contributed by atoms with Crippen LogP contribution in [0.1, 0.15) is 26.2 Å². The average Bonchev–Trinajstić information content (AvgIpc) is 2.90. The third-order valence-corrected chi connectivity index (χ3v) is 3.74. The van der Waals surface area contributed by atoms with E-state index < -0.39 is 22.9 Å². The lowest BCUT2D eigenvalue weighted by atomic mass is 9.81. The summed E-state index contributed by atoms with van der Waals surface area (Å²) in [7, 11) is 0. The molecule has 20 heavy (non-hydrogen) atoms. The van der Waals surface area contributed by atoms with E-state index in [4.69, 9.17) is 0 Å². The highest BCUT2D eigenvalue weighted by atomic mass is 19.2. The van der Waals surface area contributed by atoms with Gasteiger partial charge >= 0.3 is 0 Å². The van der Waals surface area contributed by atoms with Crippen LogP contribution in [0.2, 0.25) is 0 Å². The molecule has 6 heteroatoms. The van der Waals surface area contributed by atoms with E-state index in [0.717, 1.165) is 18.6 Å². The highest BCUT2D eigenvalue weighted by molar-refractivity contribution is 5.95. The predicted octanol–water partition coefficient (Wildman–Crippen LogP) is 2.82. The molecular weight excluding hydrogens is 269 g/mol. The Labute approximate surface area is 115 Å². The SMILES string of the molecule is CCCC1(C(=O)Nc2ccc(F)c(F)c2F)CCNC1. The summed E-state index contributed by atoms with van der Waals surface area (Å²) in [5.41, 5.74) is -0.928. The standard InChI is InChI=1S/C14H17F3N2O/c1-2-5-14(6-7-18-8-14)13(20)19-10-4-3-9(15)11(16)12(10)17/h3-4,18H,2,5-8H2,1H3,(H,19,20). The lowest BCUT2D eigenvalue weighted by molar-refractivity contribution is -0.125. The van der Waals surface area contributed by atoms with E-state index in [9.17, 15) is 18.0 Å². The number of nitrogens with one attached hydrogen (secondary N) is 2. The molecule has 0 saturated carbocycles. The Morgan fingerprint density at radius 2 is 2.10 bits per heavy atom. The van der Waals surface area contributed by atoms with Gasteiger partial charge in [0, 0.05) is 6.54 Å². The van der Waals surface area contributed by atoms with Crippen LogP contribution in [0.15, 0.2) is 12.1 Å². The molecule has 1 fully saturated rings. The van der Waals surface area contributed by atoms with E-state index in [1.165, 1.54) is 0 Å². The number of halogens is 3. The number of carbonyl (C=O) groups excluding carboxylic acids is 1. The summed E-state index contributed by atoms with van der Waals surface area (Å²) in [6.45, 7) is 3.19. The maximum absolute atomic E-state index is 13.6. The van der Waals surface area contributed by atoms with Crippen LogP contribution in [0.25, 0.3) is 0 Å². The summed E-state index contributed by atoms with van der Waals surface area (Å²) in [5, 5.41) is 5.50. The van der Waals surface area contributed by atoms with E-state index in [2.05, 4.69) is 10.6 Å². The second-order valence-corrected chi connectivity index (χ2v) is 5.13. The Kier molecular flexibility index (Phi) is 4.32. The summed E-state index contributed by atoms with van der Waals surface area (Å²) in [6.07, 6.45) is 2.13. The fraction of sp³-hybridized carbons (Fsp3) is 0.500. The van der Waals surface area contributed by atoms with Gasteiger partial charge in [0.05, 0.1) is 11.1 Å². The largest absolute Gasteiger partial charge is 0.323 e. The van der Waals surface area contributed by atoms with E-state index in [1.54, 1.807) is 0 Å². The minimum Gasteiger partial charge on any atom is -0.323 e. The van der Waals surface area contributed by atoms with Gasteiger partial charge in [0.15, 0.2) is 17.5 Å². The van der Waals surface area contributed by atoms with Crippen molar-refractivity contribution in [3.8, 4) is 0 Å². The molecule has 0 spiro atoms. The number of carbonyl (C=O) groups is 1. The predicted molar refractivity (Wildman–Crippen MR) is 69.8 cm³/mol. The smallest absolute Gasteiger partial charge is 0.232 e. The fourth-order valence-electron chi connectivity index (χ4n) is 2.62. The van der Waals surface area contributed by atoms with Gasteiger partial charge in [-0.1, -0.05) is 13.3 Å². The van der Waals surface area contributed by atoms with Crippen molar-refractivity contribution in [2.45, 2.75) is 26.2 Å². The van der Waals surface area contributed by atoms with Crippen molar-refractivity contribution < 1.29 is 18.0 Å². The van der Waals surface area contributed by atoms with Crippen LogP contribution >= 0.6 is 0 Å². The summed E-state index contributed by atoms with van der Waals surface area (Å²) in [6, 6.07) is 1.83. The Hall–Kier alpha value is -1.56. The second-order valence-electron chi connectivity index (χ2n) is 5.13. The van der Waals surface area contributed by atoms with E-state index in [0.29, 0.717) is 25.9 Å². The van der Waals surface area contributed by atoms with Crippen LogP contribution < -0.4 is 10.6 Å². The van der Waals surface area contributed by atoms with Gasteiger partial charge in [-0.2, -0.15) is 0 Å². The topological polar surface area (TPSA) is 41.1 Å².